The summed E-state index contributed by atoms with van der Waals surface area (Å²) in [4.78, 5) is 0. The van der Waals surface area contributed by atoms with Crippen LogP contribution in [-0.4, -0.2) is 0 Å². The summed E-state index contributed by atoms with van der Waals surface area (Å²) in [5, 5.41) is 0. The second kappa shape index (κ2) is 6.98. The van der Waals surface area contributed by atoms with E-state index in [0.717, 1.165) is 0 Å². The summed E-state index contributed by atoms with van der Waals surface area (Å²) in [5.74, 6) is 0. The maximum Gasteiger partial charge on any atom is 0.0261 e. The van der Waals surface area contributed by atoms with E-state index in [4.69, 9.17) is 21.4 Å². The minimum atomic E-state index is 1.17. The molecule has 38 valence electrons. The summed E-state index contributed by atoms with van der Waals surface area (Å²) in [7, 11) is 15.6. The highest BCUT2D eigenvalue weighted by Crippen LogP contribution is 2.46. The SMILES string of the molecule is ClSSSSCl. The predicted octanol–water partition coefficient (Wildman–Crippen LogP) is 3.97. The van der Waals surface area contributed by atoms with Gasteiger partial charge in [0, 0.05) is 39.7 Å². The third-order valence-electron chi connectivity index (χ3n) is 0.0792. The molecule has 6 heavy (non-hydrogen) atoms. The highest BCUT2D eigenvalue weighted by Gasteiger charge is 1.81. The normalized spacial score (nSPS) is 9.00. The first-order chi connectivity index (χ1) is 2.91. The standard InChI is InChI=1S/Cl2S4/c1-3-5-6-4-2. The Morgan fingerprint density at radius 1 is 0.833 bits per heavy atom. The molecule has 0 aliphatic heterocycles. The van der Waals surface area contributed by atoms with Crippen LogP contribution in [0.1, 0.15) is 0 Å². The zero-order valence-electron chi connectivity index (χ0n) is 2.39. The molecule has 0 aromatic rings. The Bertz CT molecular complexity index is 17.5. The third kappa shape index (κ3) is 5.98. The van der Waals surface area contributed by atoms with Gasteiger partial charge in [-0.1, -0.05) is 0 Å². The molecule has 0 rings (SSSR count). The maximum absolute atomic E-state index is 5.17. The highest BCUT2D eigenvalue weighted by molar-refractivity contribution is 9.30. The van der Waals surface area contributed by atoms with Gasteiger partial charge in [-0.3, -0.25) is 0 Å². The quantitative estimate of drug-likeness (QED) is 0.498. The van der Waals surface area contributed by atoms with Gasteiger partial charge in [-0.05, 0) is 21.4 Å². The Labute approximate surface area is 60.7 Å². The molecule has 0 N–H and O–H groups in total. The van der Waals surface area contributed by atoms with Crippen molar-refractivity contribution in [2.75, 3.05) is 0 Å². The summed E-state index contributed by atoms with van der Waals surface area (Å²) < 4.78 is 0. The first-order valence-corrected chi connectivity index (χ1v) is 7.28. The molecule has 0 atom stereocenters. The van der Waals surface area contributed by atoms with Crippen LogP contribution in [0, 0.1) is 0 Å². The van der Waals surface area contributed by atoms with Gasteiger partial charge in [0.1, 0.15) is 0 Å². The summed E-state index contributed by atoms with van der Waals surface area (Å²) >= 11 is 0. The third-order valence-corrected chi connectivity index (χ3v) is 6.42. The molecule has 0 heterocycles. The van der Waals surface area contributed by atoms with Crippen molar-refractivity contribution in [1.82, 2.24) is 0 Å². The van der Waals surface area contributed by atoms with E-state index in [1.165, 1.54) is 39.7 Å². The number of rotatable bonds is 3. The lowest BCUT2D eigenvalue weighted by Gasteiger charge is -1.79. The molecular formula is Cl2S4. The predicted molar refractivity (Wildman–Crippen MR) is 42.1 cm³/mol. The molecule has 0 fully saturated rings. The molecule has 0 aromatic carbocycles. The summed E-state index contributed by atoms with van der Waals surface area (Å²) in [5.41, 5.74) is 0. The van der Waals surface area contributed by atoms with Crippen LogP contribution in [0.3, 0.4) is 0 Å². The van der Waals surface area contributed by atoms with Crippen molar-refractivity contribution < 1.29 is 0 Å². The van der Waals surface area contributed by atoms with Crippen LogP contribution in [0.5, 0.6) is 0 Å². The van der Waals surface area contributed by atoms with Gasteiger partial charge in [0.25, 0.3) is 0 Å². The first kappa shape index (κ1) is 7.98. The van der Waals surface area contributed by atoms with Gasteiger partial charge in [0.05, 0.1) is 0 Å². The zero-order valence-corrected chi connectivity index (χ0v) is 7.17. The molecular weight excluding hydrogens is 199 g/mol. The van der Waals surface area contributed by atoms with E-state index in [1.54, 1.807) is 0 Å². The number of halogens is 2. The van der Waals surface area contributed by atoms with Gasteiger partial charge in [0.2, 0.25) is 0 Å². The number of hydrogen-bond acceptors (Lipinski definition) is 4. The van der Waals surface area contributed by atoms with E-state index >= 15 is 0 Å². The fourth-order valence-electron chi connectivity index (χ4n) is 0.0210. The Morgan fingerprint density at radius 3 is 1.33 bits per heavy atom. The molecule has 6 heteroatoms. The van der Waals surface area contributed by atoms with Gasteiger partial charge in [-0.15, -0.1) is 0 Å². The minimum Gasteiger partial charge on any atom is -0.0309 e. The molecule has 0 radical (unpaired) electrons. The molecule has 0 amide bonds. The van der Waals surface area contributed by atoms with Gasteiger partial charge in [0.15, 0.2) is 0 Å². The van der Waals surface area contributed by atoms with E-state index in [1.807, 2.05) is 0 Å². The van der Waals surface area contributed by atoms with Crippen LogP contribution in [-0.2, 0) is 0 Å². The summed E-state index contributed by atoms with van der Waals surface area (Å²) in [6, 6.07) is 0. The lowest BCUT2D eigenvalue weighted by Crippen LogP contribution is -1.15. The fourth-order valence-corrected chi connectivity index (χ4v) is 5.10. The first-order valence-electron chi connectivity index (χ1n) is 0.809. The Hall–Kier alpha value is 1.98. The van der Waals surface area contributed by atoms with Crippen molar-refractivity contribution in [3.63, 3.8) is 0 Å². The Balaban J connectivity index is 2.34. The van der Waals surface area contributed by atoms with Crippen molar-refractivity contribution in [2.45, 2.75) is 0 Å². The minimum absolute atomic E-state index is 1.17. The van der Waals surface area contributed by atoms with Crippen LogP contribution < -0.4 is 0 Å². The van der Waals surface area contributed by atoms with Gasteiger partial charge < -0.3 is 0 Å². The molecule has 0 aromatic heterocycles. The van der Waals surface area contributed by atoms with Crippen LogP contribution >= 0.6 is 61.0 Å². The van der Waals surface area contributed by atoms with Crippen molar-refractivity contribution >= 4 is 61.0 Å². The largest absolute Gasteiger partial charge is 0.0309 e. The summed E-state index contributed by atoms with van der Waals surface area (Å²) in [6.45, 7) is 0. The van der Waals surface area contributed by atoms with Crippen molar-refractivity contribution in [1.29, 1.82) is 0 Å². The molecule has 0 spiro atoms. The molecule has 0 saturated carbocycles. The van der Waals surface area contributed by atoms with E-state index in [9.17, 15) is 0 Å². The maximum atomic E-state index is 5.17. The number of hydrogen-bond donors (Lipinski definition) is 0. The zero-order chi connectivity index (χ0) is 4.83. The fraction of sp³-hybridized carbons (Fsp3) is 0. The average Bonchev–Trinajstić information content (AvgIpc) is 1.61. The van der Waals surface area contributed by atoms with Crippen LogP contribution in [0.2, 0.25) is 0 Å². The second-order valence-electron chi connectivity index (χ2n) is 0.262. The van der Waals surface area contributed by atoms with Crippen molar-refractivity contribution in [2.24, 2.45) is 0 Å². The van der Waals surface area contributed by atoms with Gasteiger partial charge in [-0.25, -0.2) is 0 Å². The Morgan fingerprint density at radius 2 is 1.17 bits per heavy atom. The molecule has 0 aliphatic rings. The van der Waals surface area contributed by atoms with Crippen LogP contribution in [0.4, 0.5) is 0 Å². The van der Waals surface area contributed by atoms with E-state index in [0.29, 0.717) is 0 Å². The molecule has 0 aliphatic carbocycles. The summed E-state index contributed by atoms with van der Waals surface area (Å²) in [6.07, 6.45) is 0. The van der Waals surface area contributed by atoms with E-state index in [-0.39, 0.29) is 0 Å². The van der Waals surface area contributed by atoms with E-state index < -0.39 is 0 Å². The second-order valence-corrected chi connectivity index (χ2v) is 7.08. The molecule has 0 unspecified atom stereocenters. The monoisotopic (exact) mass is 198 g/mol. The highest BCUT2D eigenvalue weighted by atomic mass is 35.8. The van der Waals surface area contributed by atoms with Crippen molar-refractivity contribution in [3.8, 4) is 0 Å². The average molecular weight is 199 g/mol. The molecule has 0 bridgehead atoms. The van der Waals surface area contributed by atoms with Crippen molar-refractivity contribution in [3.05, 3.63) is 0 Å². The van der Waals surface area contributed by atoms with Crippen LogP contribution in [0.15, 0.2) is 0 Å². The molecule has 0 saturated heterocycles. The molecule has 0 nitrogen and oxygen atoms in total. The topological polar surface area (TPSA) is 0 Å². The van der Waals surface area contributed by atoms with Crippen LogP contribution in [0.25, 0.3) is 0 Å². The smallest absolute Gasteiger partial charge is 0.0261 e. The lowest BCUT2D eigenvalue weighted by molar-refractivity contribution is 5.24. The van der Waals surface area contributed by atoms with Gasteiger partial charge >= 0.3 is 0 Å². The Kier molecular flexibility index (Phi) is 9.28. The lowest BCUT2D eigenvalue weighted by atomic mass is 30.4. The van der Waals surface area contributed by atoms with Gasteiger partial charge in [-0.2, -0.15) is 0 Å². The van der Waals surface area contributed by atoms with E-state index in [2.05, 4.69) is 0 Å².